The summed E-state index contributed by atoms with van der Waals surface area (Å²) in [5, 5.41) is 8.94. The number of rotatable bonds is 8. The number of imide groups is 1. The van der Waals surface area contributed by atoms with Gasteiger partial charge < -0.3 is 9.84 Å². The first-order valence-corrected chi connectivity index (χ1v) is 10.8. The minimum Gasteiger partial charge on any atom is -0.482 e. The van der Waals surface area contributed by atoms with Crippen molar-refractivity contribution in [2.45, 2.75) is 39.4 Å². The lowest BCUT2D eigenvalue weighted by molar-refractivity contribution is -0.677. The molecule has 0 atom stereocenters. The van der Waals surface area contributed by atoms with Crippen LogP contribution in [0.4, 0.5) is 0 Å². The molecule has 2 amide bonds. The van der Waals surface area contributed by atoms with Gasteiger partial charge in [-0.15, -0.1) is 0 Å². The fourth-order valence-corrected chi connectivity index (χ4v) is 4.42. The lowest BCUT2D eigenvalue weighted by Gasteiger charge is -2.13. The van der Waals surface area contributed by atoms with Crippen LogP contribution in [0.3, 0.4) is 0 Å². The molecule has 1 aliphatic heterocycles. The monoisotopic (exact) mass is 434 g/mol. The Morgan fingerprint density at radius 2 is 1.81 bits per heavy atom. The molecule has 1 aromatic heterocycles. The topological polar surface area (TPSA) is 92.7 Å². The Labute approximate surface area is 184 Å². The van der Waals surface area contributed by atoms with E-state index >= 15 is 0 Å². The molecule has 1 N–H and O–H groups in total. The van der Waals surface area contributed by atoms with Crippen molar-refractivity contribution in [1.82, 2.24) is 9.47 Å². The molecule has 1 saturated carbocycles. The van der Waals surface area contributed by atoms with E-state index < -0.39 is 12.6 Å². The van der Waals surface area contributed by atoms with Gasteiger partial charge in [-0.05, 0) is 49.9 Å². The van der Waals surface area contributed by atoms with E-state index in [1.165, 1.54) is 4.90 Å². The molecule has 0 unspecified atom stereocenters. The molecule has 1 aliphatic carbocycles. The SMILES string of the molecule is CC[n+]1c(CN2C(=O)c3ccccc3C2=O)n(CC2CC2)c2cc(OCC(=O)O)ccc21. The first kappa shape index (κ1) is 20.2. The number of carbonyl (C=O) groups excluding carboxylic acids is 2. The average Bonchev–Trinajstić information content (AvgIpc) is 3.53. The molecule has 5 rings (SSSR count). The number of carboxylic acids is 1. The summed E-state index contributed by atoms with van der Waals surface area (Å²) < 4.78 is 9.68. The van der Waals surface area contributed by atoms with Crippen molar-refractivity contribution in [3.8, 4) is 5.75 Å². The number of imidazole rings is 1. The summed E-state index contributed by atoms with van der Waals surface area (Å²) in [5.74, 6) is 0.321. The Bertz CT molecular complexity index is 1220. The molecule has 8 heteroatoms. The summed E-state index contributed by atoms with van der Waals surface area (Å²) in [6.07, 6.45) is 2.29. The number of hydrogen-bond acceptors (Lipinski definition) is 4. The van der Waals surface area contributed by atoms with Crippen molar-refractivity contribution in [2.24, 2.45) is 5.92 Å². The first-order valence-electron chi connectivity index (χ1n) is 10.8. The molecule has 0 saturated heterocycles. The molecule has 0 spiro atoms. The maximum atomic E-state index is 13.0. The summed E-state index contributed by atoms with van der Waals surface area (Å²) in [7, 11) is 0. The van der Waals surface area contributed by atoms with E-state index in [0.717, 1.165) is 36.2 Å². The van der Waals surface area contributed by atoms with Gasteiger partial charge in [0.25, 0.3) is 17.6 Å². The zero-order valence-electron chi connectivity index (χ0n) is 17.8. The predicted molar refractivity (Wildman–Crippen MR) is 114 cm³/mol. The van der Waals surface area contributed by atoms with Gasteiger partial charge in [-0.1, -0.05) is 12.1 Å². The molecule has 1 fully saturated rings. The molecule has 2 heterocycles. The molecule has 0 bridgehead atoms. The highest BCUT2D eigenvalue weighted by molar-refractivity contribution is 6.21. The zero-order chi connectivity index (χ0) is 22.4. The molecule has 3 aromatic rings. The Hall–Kier alpha value is -3.68. The van der Waals surface area contributed by atoms with Gasteiger partial charge in [0.2, 0.25) is 0 Å². The predicted octanol–water partition coefficient (Wildman–Crippen LogP) is 2.62. The van der Waals surface area contributed by atoms with Crippen LogP contribution in [0.5, 0.6) is 5.75 Å². The number of aromatic nitrogens is 2. The van der Waals surface area contributed by atoms with Crippen molar-refractivity contribution in [1.29, 1.82) is 0 Å². The maximum Gasteiger partial charge on any atom is 0.341 e. The standard InChI is InChI=1S/C24H23N3O5/c1-2-25-19-10-9-16(32-14-22(28)29)11-20(19)26(12-15-7-8-15)21(25)13-27-23(30)17-5-3-4-6-18(17)24(27)31/h3-6,9-11,15H,2,7-8,12-14H2,1H3/p+1. The second-order valence-electron chi connectivity index (χ2n) is 8.29. The Morgan fingerprint density at radius 3 is 2.41 bits per heavy atom. The van der Waals surface area contributed by atoms with Gasteiger partial charge in [0, 0.05) is 6.07 Å². The van der Waals surface area contributed by atoms with Crippen molar-refractivity contribution in [3.63, 3.8) is 0 Å². The number of aryl methyl sites for hydroxylation is 1. The number of benzene rings is 2. The van der Waals surface area contributed by atoms with E-state index in [9.17, 15) is 14.4 Å². The fraction of sp³-hybridized carbons (Fsp3) is 0.333. The molecular weight excluding hydrogens is 410 g/mol. The molecule has 32 heavy (non-hydrogen) atoms. The van der Waals surface area contributed by atoms with Crippen molar-refractivity contribution >= 4 is 28.8 Å². The summed E-state index contributed by atoms with van der Waals surface area (Å²) in [6.45, 7) is 3.24. The summed E-state index contributed by atoms with van der Waals surface area (Å²) in [6, 6.07) is 12.4. The van der Waals surface area contributed by atoms with Crippen LogP contribution < -0.4 is 9.30 Å². The van der Waals surface area contributed by atoms with Gasteiger partial charge in [-0.3, -0.25) is 14.5 Å². The molecule has 164 valence electrons. The van der Waals surface area contributed by atoms with Crippen LogP contribution >= 0.6 is 0 Å². The van der Waals surface area contributed by atoms with Gasteiger partial charge >= 0.3 is 5.97 Å². The van der Waals surface area contributed by atoms with Gasteiger partial charge in [-0.25, -0.2) is 13.9 Å². The van der Waals surface area contributed by atoms with Crippen LogP contribution in [-0.4, -0.2) is 39.0 Å². The number of nitrogens with zero attached hydrogens (tertiary/aromatic N) is 3. The zero-order valence-corrected chi connectivity index (χ0v) is 17.8. The number of amides is 2. The number of ether oxygens (including phenoxy) is 1. The van der Waals surface area contributed by atoms with Gasteiger partial charge in [-0.2, -0.15) is 0 Å². The lowest BCUT2D eigenvalue weighted by atomic mass is 10.1. The van der Waals surface area contributed by atoms with Crippen LogP contribution in [0.1, 0.15) is 46.3 Å². The van der Waals surface area contributed by atoms with E-state index in [0.29, 0.717) is 29.3 Å². The van der Waals surface area contributed by atoms with Crippen LogP contribution in [0.2, 0.25) is 0 Å². The minimum absolute atomic E-state index is 0.174. The summed E-state index contributed by atoms with van der Waals surface area (Å²) >= 11 is 0. The van der Waals surface area contributed by atoms with Crippen molar-refractivity contribution < 1.29 is 28.8 Å². The molecule has 2 aromatic carbocycles. The smallest absolute Gasteiger partial charge is 0.341 e. The van der Waals surface area contributed by atoms with E-state index in [4.69, 9.17) is 9.84 Å². The van der Waals surface area contributed by atoms with Crippen LogP contribution in [0.25, 0.3) is 11.0 Å². The van der Waals surface area contributed by atoms with E-state index in [2.05, 4.69) is 9.13 Å². The van der Waals surface area contributed by atoms with Crippen LogP contribution in [0.15, 0.2) is 42.5 Å². The molecule has 0 radical (unpaired) electrons. The number of hydrogen-bond donors (Lipinski definition) is 1. The van der Waals surface area contributed by atoms with E-state index in [1.54, 1.807) is 30.3 Å². The summed E-state index contributed by atoms with van der Waals surface area (Å²) in [5.41, 5.74) is 2.75. The van der Waals surface area contributed by atoms with E-state index in [-0.39, 0.29) is 18.4 Å². The normalized spacial score (nSPS) is 15.5. The van der Waals surface area contributed by atoms with Gasteiger partial charge in [0.15, 0.2) is 17.6 Å². The number of aliphatic carboxylic acids is 1. The maximum absolute atomic E-state index is 13.0. The number of fused-ring (bicyclic) bond motifs is 2. The molecular formula is C24H24N3O5+. The Balaban J connectivity index is 1.58. The van der Waals surface area contributed by atoms with E-state index in [1.807, 2.05) is 19.1 Å². The highest BCUT2D eigenvalue weighted by Crippen LogP contribution is 2.34. The van der Waals surface area contributed by atoms with Gasteiger partial charge in [0.05, 0.1) is 24.2 Å². The second-order valence-corrected chi connectivity index (χ2v) is 8.29. The van der Waals surface area contributed by atoms with Crippen LogP contribution in [-0.2, 0) is 24.4 Å². The quantitative estimate of drug-likeness (QED) is 0.435. The number of carboxylic acid groups (broad SMARTS) is 1. The van der Waals surface area contributed by atoms with Crippen molar-refractivity contribution in [2.75, 3.05) is 6.61 Å². The number of carbonyl (C=O) groups is 3. The molecule has 8 nitrogen and oxygen atoms in total. The second kappa shape index (κ2) is 7.78. The summed E-state index contributed by atoms with van der Waals surface area (Å²) in [4.78, 5) is 38.2. The van der Waals surface area contributed by atoms with Crippen LogP contribution in [0, 0.1) is 5.92 Å². The average molecular weight is 434 g/mol. The third kappa shape index (κ3) is 3.41. The Morgan fingerprint density at radius 1 is 1.12 bits per heavy atom. The first-order chi connectivity index (χ1) is 15.5. The third-order valence-corrected chi connectivity index (χ3v) is 6.15. The minimum atomic E-state index is -1.03. The highest BCUT2D eigenvalue weighted by atomic mass is 16.5. The Kier molecular flexibility index (Phi) is 4.92. The third-order valence-electron chi connectivity index (χ3n) is 6.15. The molecule has 2 aliphatic rings. The fourth-order valence-electron chi connectivity index (χ4n) is 4.42. The lowest BCUT2D eigenvalue weighted by Crippen LogP contribution is -2.42. The largest absolute Gasteiger partial charge is 0.482 e. The van der Waals surface area contributed by atoms with Crippen molar-refractivity contribution in [3.05, 3.63) is 59.4 Å². The van der Waals surface area contributed by atoms with Gasteiger partial charge in [0.1, 0.15) is 12.3 Å². The highest BCUT2D eigenvalue weighted by Gasteiger charge is 2.39.